The number of aliphatic hydroxyl groups is 1. The summed E-state index contributed by atoms with van der Waals surface area (Å²) in [6, 6.07) is 27.2. The molecule has 0 spiro atoms. The standard InChI is InChI=1S/C31H31N3O2/c1-3-4-14-29-28(19-23-15-17-24(18-16-23)27-13-9-8-12-26(27)20-32)31(36)34(22(2)33-29)21-30(35)25-10-6-5-7-11-25/h5-13,15-18,30,35H,3-4,14,19,21H2,1-2H3. The molecule has 1 heterocycles. The number of hydrogen-bond donors (Lipinski definition) is 1. The molecule has 0 aliphatic carbocycles. The highest BCUT2D eigenvalue weighted by molar-refractivity contribution is 5.70. The van der Waals surface area contributed by atoms with Crippen LogP contribution in [0.3, 0.4) is 0 Å². The van der Waals surface area contributed by atoms with Crippen LogP contribution in [0.25, 0.3) is 11.1 Å². The number of nitrogens with zero attached hydrogens (tertiary/aromatic N) is 3. The Bertz CT molecular complexity index is 1420. The predicted octanol–water partition coefficient (Wildman–Crippen LogP) is 5.76. The highest BCUT2D eigenvalue weighted by Gasteiger charge is 2.18. The second-order valence-corrected chi connectivity index (χ2v) is 9.06. The van der Waals surface area contributed by atoms with E-state index in [0.29, 0.717) is 23.4 Å². The largest absolute Gasteiger partial charge is 0.387 e. The molecule has 0 aliphatic rings. The summed E-state index contributed by atoms with van der Waals surface area (Å²) < 4.78 is 1.60. The quantitative estimate of drug-likeness (QED) is 0.333. The van der Waals surface area contributed by atoms with Gasteiger partial charge in [-0.25, -0.2) is 4.98 Å². The van der Waals surface area contributed by atoms with Crippen molar-refractivity contribution < 1.29 is 5.11 Å². The molecule has 1 atom stereocenters. The van der Waals surface area contributed by atoms with Crippen molar-refractivity contribution in [3.63, 3.8) is 0 Å². The highest BCUT2D eigenvalue weighted by Crippen LogP contribution is 2.24. The van der Waals surface area contributed by atoms with E-state index in [-0.39, 0.29) is 12.1 Å². The van der Waals surface area contributed by atoms with Crippen LogP contribution in [0.2, 0.25) is 0 Å². The SMILES string of the molecule is CCCCc1nc(C)n(CC(O)c2ccccc2)c(=O)c1Cc1ccc(-c2ccccc2C#N)cc1. The number of benzene rings is 3. The Morgan fingerprint density at radius 2 is 1.69 bits per heavy atom. The average molecular weight is 478 g/mol. The number of unbranched alkanes of at least 4 members (excludes halogenated alkanes) is 1. The minimum absolute atomic E-state index is 0.0949. The average Bonchev–Trinajstić information content (AvgIpc) is 2.92. The van der Waals surface area contributed by atoms with Crippen molar-refractivity contribution in [3.05, 3.63) is 123 Å². The highest BCUT2D eigenvalue weighted by atomic mass is 16.3. The summed E-state index contributed by atoms with van der Waals surface area (Å²) in [5.74, 6) is 0.619. The summed E-state index contributed by atoms with van der Waals surface area (Å²) in [7, 11) is 0. The van der Waals surface area contributed by atoms with E-state index >= 15 is 0 Å². The lowest BCUT2D eigenvalue weighted by Crippen LogP contribution is -2.31. The lowest BCUT2D eigenvalue weighted by Gasteiger charge is -2.18. The monoisotopic (exact) mass is 477 g/mol. The first-order valence-electron chi connectivity index (χ1n) is 12.4. The van der Waals surface area contributed by atoms with Gasteiger partial charge in [-0.2, -0.15) is 5.26 Å². The molecule has 0 saturated heterocycles. The number of hydrogen-bond acceptors (Lipinski definition) is 4. The smallest absolute Gasteiger partial charge is 0.257 e. The van der Waals surface area contributed by atoms with E-state index in [1.165, 1.54) is 0 Å². The molecule has 0 radical (unpaired) electrons. The zero-order chi connectivity index (χ0) is 25.5. The van der Waals surface area contributed by atoms with Crippen LogP contribution in [0, 0.1) is 18.3 Å². The van der Waals surface area contributed by atoms with Crippen LogP contribution in [0.5, 0.6) is 0 Å². The van der Waals surface area contributed by atoms with Gasteiger partial charge < -0.3 is 5.11 Å². The second kappa shape index (κ2) is 11.6. The molecule has 0 aliphatic heterocycles. The fraction of sp³-hybridized carbons (Fsp3) is 0.258. The van der Waals surface area contributed by atoms with Gasteiger partial charge in [0.25, 0.3) is 5.56 Å². The fourth-order valence-corrected chi connectivity index (χ4v) is 4.49. The molecule has 0 saturated carbocycles. The Morgan fingerprint density at radius 1 is 1.00 bits per heavy atom. The number of nitriles is 1. The summed E-state index contributed by atoms with van der Waals surface area (Å²) in [6.45, 7) is 4.12. The molecule has 1 aromatic heterocycles. The molecular weight excluding hydrogens is 446 g/mol. The van der Waals surface area contributed by atoms with E-state index in [2.05, 4.69) is 13.0 Å². The van der Waals surface area contributed by atoms with Crippen LogP contribution in [0.4, 0.5) is 0 Å². The summed E-state index contributed by atoms with van der Waals surface area (Å²) in [6.07, 6.45) is 2.39. The molecular formula is C31H31N3O2. The maximum Gasteiger partial charge on any atom is 0.257 e. The van der Waals surface area contributed by atoms with Gasteiger partial charge in [-0.15, -0.1) is 0 Å². The molecule has 0 amide bonds. The Balaban J connectivity index is 1.67. The summed E-state index contributed by atoms with van der Waals surface area (Å²) >= 11 is 0. The van der Waals surface area contributed by atoms with Crippen molar-refractivity contribution >= 4 is 0 Å². The lowest BCUT2D eigenvalue weighted by molar-refractivity contribution is 0.153. The molecule has 1 N–H and O–H groups in total. The third-order valence-corrected chi connectivity index (χ3v) is 6.54. The van der Waals surface area contributed by atoms with Gasteiger partial charge >= 0.3 is 0 Å². The van der Waals surface area contributed by atoms with Crippen molar-refractivity contribution in [1.82, 2.24) is 9.55 Å². The molecule has 5 heteroatoms. The van der Waals surface area contributed by atoms with Crippen LogP contribution in [-0.4, -0.2) is 14.7 Å². The lowest BCUT2D eigenvalue weighted by atomic mass is 9.96. The van der Waals surface area contributed by atoms with Crippen molar-refractivity contribution in [2.24, 2.45) is 0 Å². The number of aliphatic hydroxyl groups excluding tert-OH is 1. The van der Waals surface area contributed by atoms with E-state index < -0.39 is 6.10 Å². The van der Waals surface area contributed by atoms with E-state index in [1.807, 2.05) is 85.8 Å². The zero-order valence-corrected chi connectivity index (χ0v) is 20.8. The van der Waals surface area contributed by atoms with Crippen molar-refractivity contribution in [2.75, 3.05) is 0 Å². The molecule has 3 aromatic carbocycles. The number of aryl methyl sites for hydroxylation is 2. The normalized spacial score (nSPS) is 11.7. The molecule has 182 valence electrons. The number of rotatable bonds is 9. The molecule has 0 bridgehead atoms. The molecule has 36 heavy (non-hydrogen) atoms. The van der Waals surface area contributed by atoms with Crippen LogP contribution >= 0.6 is 0 Å². The maximum atomic E-state index is 13.7. The first kappa shape index (κ1) is 25.1. The van der Waals surface area contributed by atoms with Gasteiger partial charge in [0, 0.05) is 12.0 Å². The van der Waals surface area contributed by atoms with Crippen molar-refractivity contribution in [2.45, 2.75) is 52.2 Å². The maximum absolute atomic E-state index is 13.7. The first-order chi connectivity index (χ1) is 17.5. The molecule has 4 rings (SSSR count). The predicted molar refractivity (Wildman–Crippen MR) is 143 cm³/mol. The van der Waals surface area contributed by atoms with Gasteiger partial charge in [-0.05, 0) is 48.1 Å². The molecule has 5 nitrogen and oxygen atoms in total. The van der Waals surface area contributed by atoms with E-state index in [9.17, 15) is 15.2 Å². The van der Waals surface area contributed by atoms with Crippen LogP contribution in [0.1, 0.15) is 59.6 Å². The van der Waals surface area contributed by atoms with Gasteiger partial charge in [-0.3, -0.25) is 9.36 Å². The third-order valence-electron chi connectivity index (χ3n) is 6.54. The van der Waals surface area contributed by atoms with E-state index in [1.54, 1.807) is 4.57 Å². The van der Waals surface area contributed by atoms with Crippen LogP contribution in [-0.2, 0) is 19.4 Å². The van der Waals surface area contributed by atoms with Gasteiger partial charge in [0.15, 0.2) is 0 Å². The summed E-state index contributed by atoms with van der Waals surface area (Å²) in [5, 5.41) is 20.2. The minimum atomic E-state index is -0.793. The van der Waals surface area contributed by atoms with E-state index in [0.717, 1.165) is 47.2 Å². The second-order valence-electron chi connectivity index (χ2n) is 9.06. The molecule has 1 unspecified atom stereocenters. The fourth-order valence-electron chi connectivity index (χ4n) is 4.49. The summed E-state index contributed by atoms with van der Waals surface area (Å²) in [4.78, 5) is 18.5. The van der Waals surface area contributed by atoms with Gasteiger partial charge in [0.2, 0.25) is 0 Å². The third kappa shape index (κ3) is 5.62. The first-order valence-corrected chi connectivity index (χ1v) is 12.4. The van der Waals surface area contributed by atoms with Gasteiger partial charge in [0.1, 0.15) is 5.82 Å². The van der Waals surface area contributed by atoms with Gasteiger partial charge in [0.05, 0.1) is 30.0 Å². The zero-order valence-electron chi connectivity index (χ0n) is 20.8. The van der Waals surface area contributed by atoms with Crippen molar-refractivity contribution in [1.29, 1.82) is 5.26 Å². The Morgan fingerprint density at radius 3 is 2.39 bits per heavy atom. The Labute approximate surface area is 212 Å². The topological polar surface area (TPSA) is 78.9 Å². The van der Waals surface area contributed by atoms with Crippen LogP contribution in [0.15, 0.2) is 83.7 Å². The Kier molecular flexibility index (Phi) is 8.10. The molecule has 0 fully saturated rings. The van der Waals surface area contributed by atoms with E-state index in [4.69, 9.17) is 4.98 Å². The van der Waals surface area contributed by atoms with Crippen LogP contribution < -0.4 is 5.56 Å². The van der Waals surface area contributed by atoms with Gasteiger partial charge in [-0.1, -0.05) is 86.1 Å². The number of aromatic nitrogens is 2. The van der Waals surface area contributed by atoms with Crippen molar-refractivity contribution in [3.8, 4) is 17.2 Å². The Hall–Kier alpha value is -4.01. The molecule has 4 aromatic rings. The summed E-state index contributed by atoms with van der Waals surface area (Å²) in [5.41, 5.74) is 5.69. The minimum Gasteiger partial charge on any atom is -0.387 e.